The fraction of sp³-hybridized carbons (Fsp3) is 0.214. The number of hydrogen-bond acceptors (Lipinski definition) is 6. The van der Waals surface area contributed by atoms with Crippen molar-refractivity contribution in [3.63, 3.8) is 0 Å². The number of thioether (sulfide) groups is 1. The minimum Gasteiger partial charge on any atom is -0.468 e. The number of nitrogens with two attached hydrogens (primary N) is 1. The van der Waals surface area contributed by atoms with Crippen LogP contribution in [0.25, 0.3) is 0 Å². The van der Waals surface area contributed by atoms with E-state index in [9.17, 15) is 14.9 Å². The third kappa shape index (κ3) is 4.26. The third-order valence-corrected chi connectivity index (χ3v) is 3.85. The molecule has 0 unspecified atom stereocenters. The van der Waals surface area contributed by atoms with E-state index in [0.717, 1.165) is 17.3 Å². The molecule has 1 amide bonds. The predicted octanol–water partition coefficient (Wildman–Crippen LogP) is 2.63. The molecule has 1 aromatic carbocycles. The van der Waals surface area contributed by atoms with E-state index >= 15 is 0 Å². The number of nitro groups is 1. The normalized spacial score (nSPS) is 10.4. The van der Waals surface area contributed by atoms with Gasteiger partial charge in [0.05, 0.1) is 16.9 Å². The summed E-state index contributed by atoms with van der Waals surface area (Å²) in [6.45, 7) is 0.558. The molecule has 3 N–H and O–H groups in total. The molecule has 2 rings (SSSR count). The number of benzene rings is 1. The lowest BCUT2D eigenvalue weighted by molar-refractivity contribution is -0.384. The highest BCUT2D eigenvalue weighted by Crippen LogP contribution is 2.25. The molecular formula is C14H15N3O4S. The van der Waals surface area contributed by atoms with Crippen molar-refractivity contribution in [3.05, 3.63) is 58.0 Å². The highest BCUT2D eigenvalue weighted by Gasteiger charge is 2.16. The van der Waals surface area contributed by atoms with Gasteiger partial charge in [-0.3, -0.25) is 14.9 Å². The first kappa shape index (κ1) is 15.9. The van der Waals surface area contributed by atoms with Gasteiger partial charge in [-0.25, -0.2) is 0 Å². The standard InChI is InChI=1S/C14H15N3O4S/c15-14(18)10-3-4-12(13(8-10)17(19)20)16-5-7-22-9-11-2-1-6-21-11/h1-4,6,8,16H,5,7,9H2,(H2,15,18). The average Bonchev–Trinajstić information content (AvgIpc) is 3.00. The molecule has 116 valence electrons. The zero-order chi connectivity index (χ0) is 15.9. The molecule has 0 aliphatic carbocycles. The van der Waals surface area contributed by atoms with E-state index in [-0.39, 0.29) is 11.3 Å². The van der Waals surface area contributed by atoms with E-state index in [1.165, 1.54) is 18.2 Å². The number of primary amides is 1. The molecule has 22 heavy (non-hydrogen) atoms. The first-order chi connectivity index (χ1) is 10.6. The Bertz CT molecular complexity index is 658. The van der Waals surface area contributed by atoms with E-state index in [4.69, 9.17) is 10.2 Å². The molecular weight excluding hydrogens is 306 g/mol. The van der Waals surface area contributed by atoms with Crippen molar-refractivity contribution in [2.75, 3.05) is 17.6 Å². The monoisotopic (exact) mass is 321 g/mol. The zero-order valence-corrected chi connectivity index (χ0v) is 12.5. The third-order valence-electron chi connectivity index (χ3n) is 2.87. The minimum absolute atomic E-state index is 0.115. The van der Waals surface area contributed by atoms with Crippen molar-refractivity contribution in [3.8, 4) is 0 Å². The van der Waals surface area contributed by atoms with E-state index in [0.29, 0.717) is 12.2 Å². The molecule has 7 nitrogen and oxygen atoms in total. The van der Waals surface area contributed by atoms with Crippen molar-refractivity contribution in [2.45, 2.75) is 5.75 Å². The number of carbonyl (C=O) groups excluding carboxylic acids is 1. The largest absolute Gasteiger partial charge is 0.468 e. The predicted molar refractivity (Wildman–Crippen MR) is 85.0 cm³/mol. The molecule has 0 saturated carbocycles. The van der Waals surface area contributed by atoms with Gasteiger partial charge in [-0.2, -0.15) is 11.8 Å². The summed E-state index contributed by atoms with van der Waals surface area (Å²) in [5.41, 5.74) is 5.45. The molecule has 0 aliphatic rings. The summed E-state index contributed by atoms with van der Waals surface area (Å²) >= 11 is 1.65. The number of amides is 1. The van der Waals surface area contributed by atoms with Crippen LogP contribution in [0.4, 0.5) is 11.4 Å². The summed E-state index contributed by atoms with van der Waals surface area (Å²) in [5, 5.41) is 14.0. The van der Waals surface area contributed by atoms with E-state index in [2.05, 4.69) is 5.32 Å². The number of anilines is 1. The van der Waals surface area contributed by atoms with Crippen molar-refractivity contribution in [1.29, 1.82) is 0 Å². The van der Waals surface area contributed by atoms with Crippen molar-refractivity contribution < 1.29 is 14.1 Å². The van der Waals surface area contributed by atoms with Gasteiger partial charge in [0.2, 0.25) is 5.91 Å². The summed E-state index contributed by atoms with van der Waals surface area (Å²) in [7, 11) is 0. The Morgan fingerprint density at radius 2 is 2.23 bits per heavy atom. The topological polar surface area (TPSA) is 111 Å². The van der Waals surface area contributed by atoms with E-state index in [1.54, 1.807) is 18.0 Å². The molecule has 2 aromatic rings. The van der Waals surface area contributed by atoms with Gasteiger partial charge in [-0.05, 0) is 24.3 Å². The maximum absolute atomic E-state index is 11.1. The lowest BCUT2D eigenvalue weighted by atomic mass is 10.1. The van der Waals surface area contributed by atoms with Gasteiger partial charge in [0.1, 0.15) is 11.4 Å². The maximum Gasteiger partial charge on any atom is 0.293 e. The number of nitrogens with zero attached hydrogens (tertiary/aromatic N) is 1. The highest BCUT2D eigenvalue weighted by atomic mass is 32.2. The summed E-state index contributed by atoms with van der Waals surface area (Å²) in [6, 6.07) is 7.87. The highest BCUT2D eigenvalue weighted by molar-refractivity contribution is 7.98. The second kappa shape index (κ2) is 7.51. The molecule has 0 fully saturated rings. The SMILES string of the molecule is NC(=O)c1ccc(NCCSCc2ccco2)c([N+](=O)[O-])c1. The molecule has 0 saturated heterocycles. The van der Waals surface area contributed by atoms with E-state index in [1.807, 2.05) is 12.1 Å². The van der Waals surface area contributed by atoms with Crippen molar-refractivity contribution in [1.82, 2.24) is 0 Å². The second-order valence-electron chi connectivity index (χ2n) is 4.41. The maximum atomic E-state index is 11.1. The number of rotatable bonds is 8. The van der Waals surface area contributed by atoms with Crippen LogP contribution in [0.2, 0.25) is 0 Å². The molecule has 1 aromatic heterocycles. The van der Waals surface area contributed by atoms with Gasteiger partial charge in [-0.1, -0.05) is 0 Å². The minimum atomic E-state index is -0.691. The van der Waals surface area contributed by atoms with Gasteiger partial charge in [0.25, 0.3) is 5.69 Å². The first-order valence-corrected chi connectivity index (χ1v) is 7.65. The Labute approximate surface area is 131 Å². The molecule has 8 heteroatoms. The van der Waals surface area contributed by atoms with Crippen LogP contribution in [-0.2, 0) is 5.75 Å². The summed E-state index contributed by atoms with van der Waals surface area (Å²) in [6.07, 6.45) is 1.62. The van der Waals surface area contributed by atoms with Crippen LogP contribution in [-0.4, -0.2) is 23.1 Å². The van der Waals surface area contributed by atoms with E-state index < -0.39 is 10.8 Å². The lowest BCUT2D eigenvalue weighted by Gasteiger charge is -2.07. The number of hydrogen-bond donors (Lipinski definition) is 2. The average molecular weight is 321 g/mol. The van der Waals surface area contributed by atoms with Crippen LogP contribution in [0.15, 0.2) is 41.0 Å². The number of nitro benzene ring substituents is 1. The number of furan rings is 1. The first-order valence-electron chi connectivity index (χ1n) is 6.50. The van der Waals surface area contributed by atoms with Gasteiger partial charge >= 0.3 is 0 Å². The fourth-order valence-electron chi connectivity index (χ4n) is 1.81. The van der Waals surface area contributed by atoms with Crippen molar-refractivity contribution in [2.24, 2.45) is 5.73 Å². The second-order valence-corrected chi connectivity index (χ2v) is 5.52. The Hall–Kier alpha value is -2.48. The molecule has 0 radical (unpaired) electrons. The van der Waals surface area contributed by atoms with Crippen LogP contribution in [0.1, 0.15) is 16.1 Å². The molecule has 0 atom stereocenters. The van der Waals surface area contributed by atoms with Gasteiger partial charge in [-0.15, -0.1) is 0 Å². The Kier molecular flexibility index (Phi) is 5.42. The Morgan fingerprint density at radius 1 is 1.41 bits per heavy atom. The van der Waals surface area contributed by atoms with Crippen LogP contribution in [0, 0.1) is 10.1 Å². The van der Waals surface area contributed by atoms with Crippen molar-refractivity contribution >= 4 is 29.0 Å². The fourth-order valence-corrected chi connectivity index (χ4v) is 2.57. The van der Waals surface area contributed by atoms with Gasteiger partial charge in [0.15, 0.2) is 0 Å². The summed E-state index contributed by atoms with van der Waals surface area (Å²) in [5.74, 6) is 1.71. The molecule has 0 spiro atoms. The van der Waals surface area contributed by atoms with Crippen LogP contribution >= 0.6 is 11.8 Å². The van der Waals surface area contributed by atoms with Crippen LogP contribution in [0.3, 0.4) is 0 Å². The van der Waals surface area contributed by atoms with Gasteiger partial charge in [0, 0.05) is 23.9 Å². The zero-order valence-electron chi connectivity index (χ0n) is 11.7. The smallest absolute Gasteiger partial charge is 0.293 e. The molecule has 1 heterocycles. The number of carbonyl (C=O) groups is 1. The summed E-state index contributed by atoms with van der Waals surface area (Å²) < 4.78 is 5.21. The Morgan fingerprint density at radius 3 is 2.86 bits per heavy atom. The van der Waals surface area contributed by atoms with Crippen LogP contribution in [0.5, 0.6) is 0 Å². The molecule has 0 aliphatic heterocycles. The number of nitrogens with one attached hydrogen (secondary N) is 1. The Balaban J connectivity index is 1.89. The summed E-state index contributed by atoms with van der Waals surface area (Å²) in [4.78, 5) is 21.6. The quantitative estimate of drug-likeness (QED) is 0.439. The molecule has 0 bridgehead atoms. The van der Waals surface area contributed by atoms with Gasteiger partial charge < -0.3 is 15.5 Å². The van der Waals surface area contributed by atoms with Crippen LogP contribution < -0.4 is 11.1 Å². The lowest BCUT2D eigenvalue weighted by Crippen LogP contribution is -2.12.